The highest BCUT2D eigenvalue weighted by molar-refractivity contribution is 5.97. The van der Waals surface area contributed by atoms with Gasteiger partial charge in [0, 0.05) is 35.4 Å². The fourth-order valence-electron chi connectivity index (χ4n) is 5.48. The van der Waals surface area contributed by atoms with E-state index in [4.69, 9.17) is 13.9 Å². The van der Waals surface area contributed by atoms with Gasteiger partial charge in [-0.2, -0.15) is 13.2 Å². The largest absolute Gasteiger partial charge is 0.493 e. The molecule has 1 aliphatic heterocycles. The number of carbonyl (C=O) groups excluding carboxylic acids is 2. The summed E-state index contributed by atoms with van der Waals surface area (Å²) >= 11 is 0. The molecular weight excluding hydrogens is 573 g/mol. The van der Waals surface area contributed by atoms with Gasteiger partial charge in [0.2, 0.25) is 5.91 Å². The summed E-state index contributed by atoms with van der Waals surface area (Å²) in [5, 5.41) is 33.5. The first kappa shape index (κ1) is 30.1. The molecule has 4 N–H and O–H groups in total. The molecule has 228 valence electrons. The van der Waals surface area contributed by atoms with Crippen molar-refractivity contribution >= 4 is 11.8 Å². The molecule has 5 rings (SSSR count). The third-order valence-corrected chi connectivity index (χ3v) is 7.51. The van der Waals surface area contributed by atoms with Gasteiger partial charge in [-0.1, -0.05) is 0 Å². The van der Waals surface area contributed by atoms with Crippen molar-refractivity contribution in [3.63, 3.8) is 0 Å². The summed E-state index contributed by atoms with van der Waals surface area (Å²) in [6.07, 6.45) is -2.91. The Kier molecular flexibility index (Phi) is 8.49. The Bertz CT molecular complexity index is 1500. The molecule has 2 aromatic carbocycles. The van der Waals surface area contributed by atoms with E-state index in [2.05, 4.69) is 5.32 Å². The van der Waals surface area contributed by atoms with E-state index in [1.165, 1.54) is 30.6 Å². The third-order valence-electron chi connectivity index (χ3n) is 7.51. The van der Waals surface area contributed by atoms with Crippen LogP contribution in [0.15, 0.2) is 71.1 Å². The summed E-state index contributed by atoms with van der Waals surface area (Å²) < 4.78 is 56.3. The Labute approximate surface area is 243 Å². The summed E-state index contributed by atoms with van der Waals surface area (Å²) in [6.45, 7) is -0.865. The van der Waals surface area contributed by atoms with Crippen molar-refractivity contribution in [3.05, 3.63) is 94.5 Å². The van der Waals surface area contributed by atoms with Crippen molar-refractivity contribution in [1.29, 1.82) is 0 Å². The number of furan rings is 1. The van der Waals surface area contributed by atoms with E-state index in [-0.39, 0.29) is 48.9 Å². The van der Waals surface area contributed by atoms with Gasteiger partial charge in [-0.25, -0.2) is 0 Å². The number of methoxy groups -OCH3 is 1. The second-order valence-electron chi connectivity index (χ2n) is 10.2. The molecule has 4 atom stereocenters. The highest BCUT2D eigenvalue weighted by Crippen LogP contribution is 2.51. The first-order valence-corrected chi connectivity index (χ1v) is 13.3. The maximum Gasteiger partial charge on any atom is 0.416 e. The van der Waals surface area contributed by atoms with Crippen molar-refractivity contribution in [2.45, 2.75) is 43.5 Å². The summed E-state index contributed by atoms with van der Waals surface area (Å²) in [5.74, 6) is -1.61. The zero-order valence-electron chi connectivity index (χ0n) is 22.9. The van der Waals surface area contributed by atoms with Crippen LogP contribution < -0.4 is 14.8 Å². The smallest absolute Gasteiger partial charge is 0.416 e. The van der Waals surface area contributed by atoms with Gasteiger partial charge in [-0.15, -0.1) is 0 Å². The van der Waals surface area contributed by atoms with E-state index in [1.807, 2.05) is 0 Å². The molecular formula is C30H29F3N2O8. The van der Waals surface area contributed by atoms with Gasteiger partial charge >= 0.3 is 6.18 Å². The van der Waals surface area contributed by atoms with E-state index >= 15 is 0 Å². The number of benzene rings is 2. The first-order valence-electron chi connectivity index (χ1n) is 13.3. The predicted molar refractivity (Wildman–Crippen MR) is 144 cm³/mol. The van der Waals surface area contributed by atoms with Crippen molar-refractivity contribution in [3.8, 4) is 11.5 Å². The van der Waals surface area contributed by atoms with Crippen molar-refractivity contribution < 1.29 is 52.0 Å². The lowest BCUT2D eigenvalue weighted by molar-refractivity contribution is -0.137. The van der Waals surface area contributed by atoms with E-state index < -0.39 is 47.7 Å². The molecule has 2 amide bonds. The molecule has 0 saturated heterocycles. The Morgan fingerprint density at radius 2 is 1.84 bits per heavy atom. The number of fused-ring (bicyclic) bond motifs is 3. The molecule has 0 bridgehead atoms. The highest BCUT2D eigenvalue weighted by Gasteiger charge is 2.51. The molecule has 4 unspecified atom stereocenters. The van der Waals surface area contributed by atoms with Crippen molar-refractivity contribution in [2.75, 3.05) is 20.3 Å². The van der Waals surface area contributed by atoms with E-state index in [1.54, 1.807) is 18.2 Å². The lowest BCUT2D eigenvalue weighted by Gasteiger charge is -2.40. The number of nitrogens with zero attached hydrogens (tertiary/aromatic N) is 1. The number of amides is 2. The number of hydrogen-bond acceptors (Lipinski definition) is 8. The number of aliphatic hydroxyl groups excluding tert-OH is 3. The molecule has 10 nitrogen and oxygen atoms in total. The molecule has 43 heavy (non-hydrogen) atoms. The number of alkyl halides is 3. The number of hydrogen-bond donors (Lipinski definition) is 4. The Morgan fingerprint density at radius 3 is 2.44 bits per heavy atom. The van der Waals surface area contributed by atoms with Crippen LogP contribution in [0.3, 0.4) is 0 Å². The van der Waals surface area contributed by atoms with Gasteiger partial charge in [0.15, 0.2) is 11.5 Å². The number of halogens is 3. The van der Waals surface area contributed by atoms with Gasteiger partial charge < -0.3 is 39.4 Å². The summed E-state index contributed by atoms with van der Waals surface area (Å²) in [7, 11) is 1.40. The zero-order chi connectivity index (χ0) is 30.9. The summed E-state index contributed by atoms with van der Waals surface area (Å²) in [6, 6.07) is 7.30. The fourth-order valence-corrected chi connectivity index (χ4v) is 5.48. The number of aliphatic hydroxyl groups is 3. The average molecular weight is 603 g/mol. The SMILES string of the molecule is COc1cc(CO)cc2c1OC1C2C(C(=O)NCCO)=CC(N(Cc2ccoc2)C(=O)c2ccc(C(F)(F)F)cc2)C1O. The second kappa shape index (κ2) is 12.1. The van der Waals surface area contributed by atoms with Crippen molar-refractivity contribution in [1.82, 2.24) is 10.2 Å². The number of nitrogens with one attached hydrogen (secondary N) is 1. The second-order valence-corrected chi connectivity index (χ2v) is 10.2. The third kappa shape index (κ3) is 5.83. The lowest BCUT2D eigenvalue weighted by Crippen LogP contribution is -2.55. The maximum absolute atomic E-state index is 13.9. The predicted octanol–water partition coefficient (Wildman–Crippen LogP) is 2.76. The van der Waals surface area contributed by atoms with Gasteiger partial charge in [0.05, 0.1) is 50.4 Å². The molecule has 0 saturated carbocycles. The quantitative estimate of drug-likeness (QED) is 0.293. The molecule has 13 heteroatoms. The molecule has 0 radical (unpaired) electrons. The Hall–Kier alpha value is -4.33. The van der Waals surface area contributed by atoms with Crippen LogP contribution in [0.4, 0.5) is 13.2 Å². The summed E-state index contributed by atoms with van der Waals surface area (Å²) in [5.41, 5.74) is 0.607. The van der Waals surface area contributed by atoms with E-state index in [0.717, 1.165) is 24.3 Å². The Morgan fingerprint density at radius 1 is 1.09 bits per heavy atom. The molecule has 2 heterocycles. The van der Waals surface area contributed by atoms with E-state index in [0.29, 0.717) is 16.7 Å². The minimum atomic E-state index is -4.60. The van der Waals surface area contributed by atoms with Crippen LogP contribution in [0.25, 0.3) is 0 Å². The van der Waals surface area contributed by atoms with Crippen LogP contribution >= 0.6 is 0 Å². The van der Waals surface area contributed by atoms with Gasteiger partial charge in [-0.05, 0) is 54.1 Å². The van der Waals surface area contributed by atoms with Gasteiger partial charge in [-0.3, -0.25) is 9.59 Å². The monoisotopic (exact) mass is 602 g/mol. The molecule has 1 aliphatic carbocycles. The van der Waals surface area contributed by atoms with Gasteiger partial charge in [0.25, 0.3) is 5.91 Å². The zero-order valence-corrected chi connectivity index (χ0v) is 22.9. The average Bonchev–Trinajstić information content (AvgIpc) is 3.66. The molecule has 3 aromatic rings. The molecule has 2 aliphatic rings. The minimum absolute atomic E-state index is 0.0717. The van der Waals surface area contributed by atoms with Crippen LogP contribution in [-0.2, 0) is 24.1 Å². The number of carbonyl (C=O) groups is 2. The van der Waals surface area contributed by atoms with Gasteiger partial charge in [0.1, 0.15) is 12.2 Å². The fraction of sp³-hybridized carbons (Fsp3) is 0.333. The number of ether oxygens (including phenoxy) is 2. The van der Waals surface area contributed by atoms with Crippen molar-refractivity contribution in [2.24, 2.45) is 0 Å². The molecule has 1 aromatic heterocycles. The van der Waals surface area contributed by atoms with Crippen LogP contribution in [0.2, 0.25) is 0 Å². The highest BCUT2D eigenvalue weighted by atomic mass is 19.4. The first-order chi connectivity index (χ1) is 20.6. The lowest BCUT2D eigenvalue weighted by atomic mass is 9.77. The minimum Gasteiger partial charge on any atom is -0.493 e. The topological polar surface area (TPSA) is 142 Å². The molecule has 0 fully saturated rings. The normalized spacial score (nSPS) is 20.9. The Balaban J connectivity index is 1.60. The standard InChI is InChI=1S/C30H29F3N2O8/c1-41-23-11-17(14-37)10-20-24-21(28(39)34-7-8-36)12-22(25(38)27(24)43-26(20)23)35(13-16-6-9-42-15-16)29(40)18-2-4-19(5-3-18)30(31,32)33/h2-6,9-12,15,22,24-25,27,36-38H,7-8,13-14H2,1H3,(H,34,39). The molecule has 0 spiro atoms. The van der Waals surface area contributed by atoms with Crippen LogP contribution in [0, 0.1) is 0 Å². The van der Waals surface area contributed by atoms with Crippen LogP contribution in [-0.4, -0.2) is 70.5 Å². The number of rotatable bonds is 9. The van der Waals surface area contributed by atoms with Crippen LogP contribution in [0.5, 0.6) is 11.5 Å². The maximum atomic E-state index is 13.9. The summed E-state index contributed by atoms with van der Waals surface area (Å²) in [4.78, 5) is 28.6. The van der Waals surface area contributed by atoms with Crippen LogP contribution in [0.1, 0.15) is 38.5 Å². The van der Waals surface area contributed by atoms with E-state index in [9.17, 15) is 38.1 Å².